The van der Waals surface area contributed by atoms with E-state index in [0.717, 1.165) is 0 Å². The molecule has 0 fully saturated rings. The van der Waals surface area contributed by atoms with Crippen molar-refractivity contribution in [3.63, 3.8) is 0 Å². The smallest absolute Gasteiger partial charge is 0.241 e. The van der Waals surface area contributed by atoms with E-state index in [-0.39, 0.29) is 18.0 Å². The van der Waals surface area contributed by atoms with Crippen LogP contribution in [-0.4, -0.2) is 25.2 Å². The number of hydrogen-bond acceptors (Lipinski definition) is 4. The van der Waals surface area contributed by atoms with Gasteiger partial charge in [-0.25, -0.2) is 0 Å². The number of nitrogens with one attached hydrogen (secondary N) is 2. The van der Waals surface area contributed by atoms with Crippen LogP contribution < -0.4 is 20.1 Å². The Hall–Kier alpha value is -3.05. The van der Waals surface area contributed by atoms with E-state index < -0.39 is 0 Å². The maximum atomic E-state index is 12.7. The molecule has 1 amide bonds. The molecule has 0 bridgehead atoms. The average molecular weight is 376 g/mol. The topological polar surface area (TPSA) is 59.6 Å². The first-order chi connectivity index (χ1) is 13.6. The first kappa shape index (κ1) is 18.3. The van der Waals surface area contributed by atoms with Crippen molar-refractivity contribution in [2.45, 2.75) is 25.9 Å². The summed E-state index contributed by atoms with van der Waals surface area (Å²) >= 11 is 0. The molecule has 2 atom stereocenters. The van der Waals surface area contributed by atoms with Crippen LogP contribution in [0, 0.1) is 0 Å². The average Bonchev–Trinajstić information content (AvgIpc) is 2.73. The van der Waals surface area contributed by atoms with Crippen LogP contribution in [0.2, 0.25) is 0 Å². The van der Waals surface area contributed by atoms with Crippen LogP contribution in [0.4, 0.5) is 5.69 Å². The Labute approximate surface area is 164 Å². The second-order valence-corrected chi connectivity index (χ2v) is 7.03. The minimum atomic E-state index is -0.359. The predicted molar refractivity (Wildman–Crippen MR) is 111 cm³/mol. The Balaban J connectivity index is 1.44. The number of fused-ring (bicyclic) bond motifs is 2. The van der Waals surface area contributed by atoms with Crippen LogP contribution in [0.1, 0.15) is 25.5 Å². The zero-order valence-electron chi connectivity index (χ0n) is 16.1. The molecule has 3 aromatic carbocycles. The summed E-state index contributed by atoms with van der Waals surface area (Å²) in [5, 5.41) is 8.75. The second kappa shape index (κ2) is 7.90. The van der Waals surface area contributed by atoms with Gasteiger partial charge in [0, 0.05) is 17.8 Å². The highest BCUT2D eigenvalue weighted by Gasteiger charge is 2.19. The monoisotopic (exact) mass is 376 g/mol. The highest BCUT2D eigenvalue weighted by atomic mass is 16.6. The van der Waals surface area contributed by atoms with Gasteiger partial charge in [-0.15, -0.1) is 0 Å². The van der Waals surface area contributed by atoms with E-state index in [4.69, 9.17) is 9.47 Å². The highest BCUT2D eigenvalue weighted by molar-refractivity contribution is 5.95. The van der Waals surface area contributed by atoms with Crippen LogP contribution in [0.5, 0.6) is 11.5 Å². The van der Waals surface area contributed by atoms with Gasteiger partial charge >= 0.3 is 0 Å². The first-order valence-electron chi connectivity index (χ1n) is 9.56. The zero-order chi connectivity index (χ0) is 19.5. The van der Waals surface area contributed by atoms with Gasteiger partial charge in [-0.05, 0) is 42.3 Å². The molecule has 4 rings (SSSR count). The third kappa shape index (κ3) is 3.80. The molecular weight excluding hydrogens is 352 g/mol. The van der Waals surface area contributed by atoms with Crippen LogP contribution in [-0.2, 0) is 4.79 Å². The van der Waals surface area contributed by atoms with E-state index >= 15 is 0 Å². The van der Waals surface area contributed by atoms with Crippen molar-refractivity contribution >= 4 is 22.4 Å². The normalized spacial score (nSPS) is 15.1. The first-order valence-corrected chi connectivity index (χ1v) is 9.56. The molecule has 0 saturated carbocycles. The number of carbonyl (C=O) groups excluding carboxylic acids is 1. The highest BCUT2D eigenvalue weighted by Crippen LogP contribution is 2.32. The summed E-state index contributed by atoms with van der Waals surface area (Å²) in [6.07, 6.45) is 0. The van der Waals surface area contributed by atoms with Gasteiger partial charge in [0.2, 0.25) is 5.91 Å². The Morgan fingerprint density at radius 2 is 1.68 bits per heavy atom. The molecular formula is C23H24N2O3. The standard InChI is InChI=1S/C23H24N2O3/c1-15(19-9-5-7-17-6-3-4-8-20(17)19)24-16(2)23(26)25-18-10-11-21-22(14-18)28-13-12-27-21/h3-11,14-16,24H,12-13H2,1-2H3,(H,25,26). The molecule has 5 nitrogen and oxygen atoms in total. The van der Waals surface area contributed by atoms with Crippen LogP contribution >= 0.6 is 0 Å². The largest absolute Gasteiger partial charge is 0.486 e. The number of benzene rings is 3. The number of ether oxygens (including phenoxy) is 2. The molecule has 0 aromatic heterocycles. The Morgan fingerprint density at radius 1 is 0.929 bits per heavy atom. The van der Waals surface area contributed by atoms with E-state index in [1.165, 1.54) is 16.3 Å². The fourth-order valence-electron chi connectivity index (χ4n) is 3.54. The molecule has 144 valence electrons. The SMILES string of the molecule is CC(NC(C)c1cccc2ccccc12)C(=O)Nc1ccc2c(c1)OCCO2. The van der Waals surface area contributed by atoms with Gasteiger partial charge in [0.05, 0.1) is 6.04 Å². The Bertz CT molecular complexity index is 997. The van der Waals surface area contributed by atoms with E-state index in [1.54, 1.807) is 6.07 Å². The van der Waals surface area contributed by atoms with Gasteiger partial charge in [-0.1, -0.05) is 42.5 Å². The summed E-state index contributed by atoms with van der Waals surface area (Å²) in [7, 11) is 0. The van der Waals surface area contributed by atoms with Gasteiger partial charge < -0.3 is 14.8 Å². The molecule has 2 N–H and O–H groups in total. The predicted octanol–water partition coefficient (Wildman–Crippen LogP) is 4.29. The third-order valence-electron chi connectivity index (χ3n) is 4.99. The fourth-order valence-corrected chi connectivity index (χ4v) is 3.54. The maximum absolute atomic E-state index is 12.7. The Morgan fingerprint density at radius 3 is 2.54 bits per heavy atom. The molecule has 0 spiro atoms. The van der Waals surface area contributed by atoms with Crippen molar-refractivity contribution in [3.8, 4) is 11.5 Å². The molecule has 28 heavy (non-hydrogen) atoms. The molecule has 1 aliphatic heterocycles. The van der Waals surface area contributed by atoms with Crippen LogP contribution in [0.15, 0.2) is 60.7 Å². The minimum absolute atomic E-state index is 0.0344. The summed E-state index contributed by atoms with van der Waals surface area (Å²) in [4.78, 5) is 12.7. The number of amides is 1. The Kier molecular flexibility index (Phi) is 5.17. The molecule has 0 aliphatic carbocycles. The lowest BCUT2D eigenvalue weighted by Crippen LogP contribution is -2.39. The van der Waals surface area contributed by atoms with Gasteiger partial charge in [0.1, 0.15) is 13.2 Å². The van der Waals surface area contributed by atoms with E-state index in [1.807, 2.05) is 31.2 Å². The maximum Gasteiger partial charge on any atom is 0.241 e. The molecule has 1 heterocycles. The van der Waals surface area contributed by atoms with Gasteiger partial charge in [-0.3, -0.25) is 10.1 Å². The molecule has 5 heteroatoms. The summed E-state index contributed by atoms with van der Waals surface area (Å²) in [6, 6.07) is 19.7. The van der Waals surface area contributed by atoms with Crippen molar-refractivity contribution in [2.75, 3.05) is 18.5 Å². The molecule has 2 unspecified atom stereocenters. The summed E-state index contributed by atoms with van der Waals surface area (Å²) in [5.74, 6) is 1.28. The van der Waals surface area contributed by atoms with Gasteiger partial charge in [0.15, 0.2) is 11.5 Å². The van der Waals surface area contributed by atoms with Crippen molar-refractivity contribution in [1.82, 2.24) is 5.32 Å². The molecule has 3 aromatic rings. The second-order valence-electron chi connectivity index (χ2n) is 7.03. The number of carbonyl (C=O) groups is 1. The van der Waals surface area contributed by atoms with Crippen LogP contribution in [0.25, 0.3) is 10.8 Å². The minimum Gasteiger partial charge on any atom is -0.486 e. The van der Waals surface area contributed by atoms with Gasteiger partial charge in [-0.2, -0.15) is 0 Å². The van der Waals surface area contributed by atoms with Crippen molar-refractivity contribution < 1.29 is 14.3 Å². The molecule has 0 saturated heterocycles. The van der Waals surface area contributed by atoms with E-state index in [0.29, 0.717) is 30.4 Å². The summed E-state index contributed by atoms with van der Waals surface area (Å²) in [5.41, 5.74) is 1.87. The van der Waals surface area contributed by atoms with E-state index in [2.05, 4.69) is 47.9 Å². The number of hydrogen-bond donors (Lipinski definition) is 2. The van der Waals surface area contributed by atoms with Crippen molar-refractivity contribution in [2.24, 2.45) is 0 Å². The lowest BCUT2D eigenvalue weighted by atomic mass is 9.99. The number of anilines is 1. The fraction of sp³-hybridized carbons (Fsp3) is 0.261. The molecule has 1 aliphatic rings. The van der Waals surface area contributed by atoms with E-state index in [9.17, 15) is 4.79 Å². The number of rotatable bonds is 5. The molecule has 0 radical (unpaired) electrons. The quantitative estimate of drug-likeness (QED) is 0.697. The van der Waals surface area contributed by atoms with Crippen molar-refractivity contribution in [3.05, 3.63) is 66.2 Å². The lowest BCUT2D eigenvalue weighted by Gasteiger charge is -2.22. The van der Waals surface area contributed by atoms with Crippen LogP contribution in [0.3, 0.4) is 0 Å². The van der Waals surface area contributed by atoms with Gasteiger partial charge in [0.25, 0.3) is 0 Å². The summed E-state index contributed by atoms with van der Waals surface area (Å²) < 4.78 is 11.1. The summed E-state index contributed by atoms with van der Waals surface area (Å²) in [6.45, 7) is 5.02. The van der Waals surface area contributed by atoms with Crippen molar-refractivity contribution in [1.29, 1.82) is 0 Å². The zero-order valence-corrected chi connectivity index (χ0v) is 16.1. The third-order valence-corrected chi connectivity index (χ3v) is 4.99. The lowest BCUT2D eigenvalue weighted by molar-refractivity contribution is -0.117.